The molecule has 1 unspecified atom stereocenters. The highest BCUT2D eigenvalue weighted by atomic mass is 19.1. The number of aromatic amines is 1. The predicted molar refractivity (Wildman–Crippen MR) is 121 cm³/mol. The largest absolute Gasteiger partial charge is 0.382 e. The van der Waals surface area contributed by atoms with Crippen molar-refractivity contribution in [3.05, 3.63) is 41.4 Å². The second-order valence-corrected chi connectivity index (χ2v) is 7.86. The average molecular weight is 476 g/mol. The molecular formula is C21H27F2N9O2. The van der Waals surface area contributed by atoms with E-state index in [1.165, 1.54) is 7.11 Å². The SMILES string of the molecule is CCC1CN(c2nc(Nc3cc(C)[nH]n3)nc(N[C@@H](COC)c3ncc(F)cc3F)n2)CCO1. The molecule has 3 aromatic rings. The lowest BCUT2D eigenvalue weighted by Crippen LogP contribution is -2.43. The summed E-state index contributed by atoms with van der Waals surface area (Å²) in [5, 5.41) is 13.1. The molecule has 1 fully saturated rings. The van der Waals surface area contributed by atoms with Gasteiger partial charge < -0.3 is 25.0 Å². The molecule has 0 spiro atoms. The Morgan fingerprint density at radius 2 is 2.09 bits per heavy atom. The van der Waals surface area contributed by atoms with Crippen molar-refractivity contribution in [2.24, 2.45) is 0 Å². The number of pyridine rings is 1. The zero-order valence-electron chi connectivity index (χ0n) is 19.2. The van der Waals surface area contributed by atoms with Gasteiger partial charge in [-0.3, -0.25) is 10.1 Å². The highest BCUT2D eigenvalue weighted by molar-refractivity contribution is 5.53. The van der Waals surface area contributed by atoms with Crippen molar-refractivity contribution in [1.29, 1.82) is 0 Å². The highest BCUT2D eigenvalue weighted by Crippen LogP contribution is 2.24. The van der Waals surface area contributed by atoms with E-state index in [9.17, 15) is 8.78 Å². The van der Waals surface area contributed by atoms with Crippen molar-refractivity contribution in [2.75, 3.05) is 48.9 Å². The minimum Gasteiger partial charge on any atom is -0.382 e. The van der Waals surface area contributed by atoms with Crippen molar-refractivity contribution in [3.8, 4) is 0 Å². The summed E-state index contributed by atoms with van der Waals surface area (Å²) in [6.07, 6.45) is 1.87. The van der Waals surface area contributed by atoms with E-state index in [1.54, 1.807) is 0 Å². The van der Waals surface area contributed by atoms with Crippen LogP contribution >= 0.6 is 0 Å². The van der Waals surface area contributed by atoms with Crippen LogP contribution in [0.3, 0.4) is 0 Å². The third kappa shape index (κ3) is 5.72. The highest BCUT2D eigenvalue weighted by Gasteiger charge is 2.24. The van der Waals surface area contributed by atoms with Gasteiger partial charge in [0.2, 0.25) is 17.8 Å². The summed E-state index contributed by atoms with van der Waals surface area (Å²) in [5.74, 6) is -0.174. The van der Waals surface area contributed by atoms with Crippen LogP contribution in [0.2, 0.25) is 0 Å². The van der Waals surface area contributed by atoms with E-state index in [0.717, 1.165) is 24.4 Å². The second-order valence-electron chi connectivity index (χ2n) is 7.86. The third-order valence-electron chi connectivity index (χ3n) is 5.25. The molecule has 11 nitrogen and oxygen atoms in total. The molecule has 182 valence electrons. The molecule has 1 aliphatic rings. The van der Waals surface area contributed by atoms with Crippen molar-refractivity contribution in [1.82, 2.24) is 30.1 Å². The summed E-state index contributed by atoms with van der Waals surface area (Å²) in [7, 11) is 1.47. The maximum Gasteiger partial charge on any atom is 0.235 e. The van der Waals surface area contributed by atoms with Gasteiger partial charge in [0.25, 0.3) is 0 Å². The zero-order valence-corrected chi connectivity index (χ0v) is 19.2. The minimum atomic E-state index is -0.798. The van der Waals surface area contributed by atoms with Crippen LogP contribution in [0.15, 0.2) is 18.3 Å². The Labute approximate surface area is 195 Å². The first-order valence-corrected chi connectivity index (χ1v) is 10.9. The van der Waals surface area contributed by atoms with E-state index in [0.29, 0.717) is 31.5 Å². The number of morpholine rings is 1. The molecule has 0 aromatic carbocycles. The van der Waals surface area contributed by atoms with Gasteiger partial charge in [-0.15, -0.1) is 0 Å². The van der Waals surface area contributed by atoms with Crippen molar-refractivity contribution in [2.45, 2.75) is 32.4 Å². The molecule has 0 saturated carbocycles. The average Bonchev–Trinajstić information content (AvgIpc) is 3.23. The molecule has 1 saturated heterocycles. The van der Waals surface area contributed by atoms with Gasteiger partial charge in [0.15, 0.2) is 5.82 Å². The van der Waals surface area contributed by atoms with Gasteiger partial charge in [-0.25, -0.2) is 8.78 Å². The number of ether oxygens (including phenoxy) is 2. The molecule has 0 aliphatic carbocycles. The lowest BCUT2D eigenvalue weighted by molar-refractivity contribution is 0.0379. The van der Waals surface area contributed by atoms with Crippen LogP contribution in [-0.4, -0.2) is 69.7 Å². The first-order chi connectivity index (χ1) is 16.4. The molecule has 4 rings (SSSR count). The molecular weight excluding hydrogens is 448 g/mol. The molecule has 0 radical (unpaired) electrons. The summed E-state index contributed by atoms with van der Waals surface area (Å²) < 4.78 is 38.8. The van der Waals surface area contributed by atoms with E-state index < -0.39 is 17.7 Å². The smallest absolute Gasteiger partial charge is 0.235 e. The normalized spacial score (nSPS) is 17.0. The number of aryl methyl sites for hydroxylation is 1. The maximum atomic E-state index is 14.5. The van der Waals surface area contributed by atoms with Crippen molar-refractivity contribution in [3.63, 3.8) is 0 Å². The number of nitrogens with one attached hydrogen (secondary N) is 3. The van der Waals surface area contributed by atoms with Gasteiger partial charge in [-0.1, -0.05) is 6.92 Å². The Morgan fingerprint density at radius 1 is 1.26 bits per heavy atom. The lowest BCUT2D eigenvalue weighted by Gasteiger charge is -2.32. The van der Waals surface area contributed by atoms with E-state index >= 15 is 0 Å². The number of aromatic nitrogens is 6. The van der Waals surface area contributed by atoms with Gasteiger partial charge >= 0.3 is 0 Å². The summed E-state index contributed by atoms with van der Waals surface area (Å²) in [5.41, 5.74) is 0.854. The van der Waals surface area contributed by atoms with E-state index in [2.05, 4.69) is 47.7 Å². The standard InChI is InChI=1S/C21H27F2N9O2/c1-4-14-10-32(5-6-34-14)21-28-19(27-20(29-21)26-17-7-12(2)30-31-17)25-16(11-33-3)18-15(23)8-13(22)9-24-18/h7-9,14,16H,4-6,10-11H2,1-3H3,(H3,25,26,27,28,29,30,31)/t14?,16-/m0/s1. The van der Waals surface area contributed by atoms with Crippen LogP contribution < -0.4 is 15.5 Å². The topological polar surface area (TPSA) is 126 Å². The Bertz CT molecular complexity index is 1110. The lowest BCUT2D eigenvalue weighted by atomic mass is 10.2. The monoisotopic (exact) mass is 475 g/mol. The van der Waals surface area contributed by atoms with Gasteiger partial charge in [-0.05, 0) is 13.3 Å². The van der Waals surface area contributed by atoms with Crippen molar-refractivity contribution >= 4 is 23.7 Å². The fraction of sp³-hybridized carbons (Fsp3) is 0.476. The van der Waals surface area contributed by atoms with Crippen LogP contribution in [0.4, 0.5) is 32.4 Å². The molecule has 34 heavy (non-hydrogen) atoms. The Hall–Kier alpha value is -3.45. The number of rotatable bonds is 9. The molecule has 1 aliphatic heterocycles. The van der Waals surface area contributed by atoms with Crippen LogP contribution in [0.25, 0.3) is 0 Å². The molecule has 3 N–H and O–H groups in total. The quantitative estimate of drug-likeness (QED) is 0.425. The second kappa shape index (κ2) is 10.7. The number of nitrogens with zero attached hydrogens (tertiary/aromatic N) is 6. The van der Waals surface area contributed by atoms with Crippen molar-refractivity contribution < 1.29 is 18.3 Å². The number of halogens is 2. The minimum absolute atomic E-state index is 0.0138. The maximum absolute atomic E-state index is 14.5. The Morgan fingerprint density at radius 3 is 2.79 bits per heavy atom. The van der Waals surface area contributed by atoms with E-state index in [-0.39, 0.29) is 30.3 Å². The Balaban J connectivity index is 1.66. The number of methoxy groups -OCH3 is 1. The third-order valence-corrected chi connectivity index (χ3v) is 5.25. The van der Waals surface area contributed by atoms with Crippen LogP contribution in [0.1, 0.15) is 30.8 Å². The summed E-state index contributed by atoms with van der Waals surface area (Å²) in [6.45, 7) is 5.76. The van der Waals surface area contributed by atoms with E-state index in [4.69, 9.17) is 9.47 Å². The first-order valence-electron chi connectivity index (χ1n) is 10.9. The summed E-state index contributed by atoms with van der Waals surface area (Å²) in [6, 6.07) is 1.82. The van der Waals surface area contributed by atoms with Crippen LogP contribution in [0, 0.1) is 18.6 Å². The fourth-order valence-electron chi connectivity index (χ4n) is 3.56. The summed E-state index contributed by atoms with van der Waals surface area (Å²) >= 11 is 0. The molecule has 13 heteroatoms. The Kier molecular flexibility index (Phi) is 7.43. The zero-order chi connectivity index (χ0) is 24.1. The molecule has 2 atom stereocenters. The van der Waals surface area contributed by atoms with Crippen LogP contribution in [0.5, 0.6) is 0 Å². The predicted octanol–water partition coefficient (Wildman–Crippen LogP) is 2.73. The van der Waals surface area contributed by atoms with E-state index in [1.807, 2.05) is 17.9 Å². The summed E-state index contributed by atoms with van der Waals surface area (Å²) in [4.78, 5) is 19.5. The number of H-pyrrole nitrogens is 1. The molecule has 0 bridgehead atoms. The van der Waals surface area contributed by atoms with Gasteiger partial charge in [0.1, 0.15) is 17.3 Å². The molecule has 0 amide bonds. The number of hydrogen-bond acceptors (Lipinski definition) is 10. The first kappa shape index (κ1) is 23.7. The molecule has 4 heterocycles. The van der Waals surface area contributed by atoms with Crippen LogP contribution in [-0.2, 0) is 9.47 Å². The fourth-order valence-corrected chi connectivity index (χ4v) is 3.56. The number of hydrogen-bond donors (Lipinski definition) is 3. The van der Waals surface area contributed by atoms with Gasteiger partial charge in [0.05, 0.1) is 31.6 Å². The van der Waals surface area contributed by atoms with Gasteiger partial charge in [0, 0.05) is 38.0 Å². The number of anilines is 4. The van der Waals surface area contributed by atoms with Gasteiger partial charge in [-0.2, -0.15) is 20.1 Å². The molecule has 3 aromatic heterocycles.